The molecule has 0 saturated carbocycles. The topological polar surface area (TPSA) is 55.6 Å². The lowest BCUT2D eigenvalue weighted by molar-refractivity contribution is -0.118. The van der Waals surface area contributed by atoms with Gasteiger partial charge in [0.15, 0.2) is 0 Å². The maximum atomic E-state index is 12.5. The van der Waals surface area contributed by atoms with Crippen molar-refractivity contribution in [2.45, 2.75) is 32.5 Å². The first-order chi connectivity index (χ1) is 8.80. The first-order valence-electron chi connectivity index (χ1n) is 6.31. The number of anilines is 1. The van der Waals surface area contributed by atoms with Crippen LogP contribution in [0, 0.1) is 0 Å². The molecule has 0 radical (unpaired) electrons. The van der Waals surface area contributed by atoms with Gasteiger partial charge in [-0.05, 0) is 32.9 Å². The number of carbonyl (C=O) groups excluding carboxylic acids is 1. The first kappa shape index (κ1) is 14.2. The van der Waals surface area contributed by atoms with Crippen LogP contribution in [0.3, 0.4) is 0 Å². The minimum absolute atomic E-state index is 0.00698. The summed E-state index contributed by atoms with van der Waals surface area (Å²) in [5.74, 6) is -0.0967. The van der Waals surface area contributed by atoms with Gasteiger partial charge in [0.05, 0.1) is 28.0 Å². The average Bonchev–Trinajstić information content (AvgIpc) is 2.29. The maximum absolute atomic E-state index is 12.5. The largest absolute Gasteiger partial charge is 0.398 e. The summed E-state index contributed by atoms with van der Waals surface area (Å²) < 4.78 is 5.79. The number of amides is 1. The number of nitrogen functional groups attached to an aromatic ring is 1. The van der Waals surface area contributed by atoms with E-state index in [2.05, 4.69) is 0 Å². The van der Waals surface area contributed by atoms with Crippen molar-refractivity contribution in [2.75, 3.05) is 18.8 Å². The second-order valence-corrected chi connectivity index (χ2v) is 5.96. The van der Waals surface area contributed by atoms with Gasteiger partial charge >= 0.3 is 0 Å². The number of ether oxygens (including phenoxy) is 1. The zero-order chi connectivity index (χ0) is 14.2. The van der Waals surface area contributed by atoms with Gasteiger partial charge in [0.25, 0.3) is 5.91 Å². The van der Waals surface area contributed by atoms with E-state index in [9.17, 15) is 4.79 Å². The summed E-state index contributed by atoms with van der Waals surface area (Å²) in [5, 5.41) is 0.324. The number of nitrogens with zero attached hydrogens (tertiary/aromatic N) is 1. The summed E-state index contributed by atoms with van der Waals surface area (Å²) in [5.41, 5.74) is 6.27. The lowest BCUT2D eigenvalue weighted by Gasteiger charge is -2.41. The SMILES string of the molecule is CC1CN(C(=O)c2cccc(N)c2Cl)CC(C)(C)O1. The van der Waals surface area contributed by atoms with E-state index in [-0.39, 0.29) is 17.6 Å². The highest BCUT2D eigenvalue weighted by atomic mass is 35.5. The summed E-state index contributed by atoms with van der Waals surface area (Å²) in [6.07, 6.45) is 0.00698. The lowest BCUT2D eigenvalue weighted by atomic mass is 10.0. The molecule has 0 spiro atoms. The van der Waals surface area contributed by atoms with Gasteiger partial charge < -0.3 is 15.4 Å². The van der Waals surface area contributed by atoms with E-state index in [0.29, 0.717) is 29.4 Å². The fraction of sp³-hybridized carbons (Fsp3) is 0.500. The zero-order valence-electron chi connectivity index (χ0n) is 11.4. The normalized spacial score (nSPS) is 22.3. The Balaban J connectivity index is 2.26. The van der Waals surface area contributed by atoms with E-state index < -0.39 is 0 Å². The van der Waals surface area contributed by atoms with Crippen molar-refractivity contribution in [3.8, 4) is 0 Å². The Bertz CT molecular complexity index is 502. The minimum Gasteiger partial charge on any atom is -0.398 e. The van der Waals surface area contributed by atoms with Gasteiger partial charge in [-0.15, -0.1) is 0 Å². The van der Waals surface area contributed by atoms with Crippen LogP contribution in [0.4, 0.5) is 5.69 Å². The molecule has 1 saturated heterocycles. The molecule has 4 nitrogen and oxygen atoms in total. The van der Waals surface area contributed by atoms with E-state index in [1.807, 2.05) is 20.8 Å². The van der Waals surface area contributed by atoms with Crippen molar-refractivity contribution in [3.05, 3.63) is 28.8 Å². The number of hydrogen-bond acceptors (Lipinski definition) is 3. The number of morpholine rings is 1. The molecule has 1 atom stereocenters. The van der Waals surface area contributed by atoms with Crippen molar-refractivity contribution in [1.29, 1.82) is 0 Å². The van der Waals surface area contributed by atoms with Gasteiger partial charge in [-0.3, -0.25) is 4.79 Å². The predicted molar refractivity (Wildman–Crippen MR) is 76.4 cm³/mol. The van der Waals surface area contributed by atoms with Gasteiger partial charge in [0.2, 0.25) is 0 Å². The molecule has 1 aromatic rings. The van der Waals surface area contributed by atoms with Crippen molar-refractivity contribution >= 4 is 23.2 Å². The molecule has 0 bridgehead atoms. The number of carbonyl (C=O) groups is 1. The minimum atomic E-state index is -0.347. The van der Waals surface area contributed by atoms with Gasteiger partial charge in [0.1, 0.15) is 0 Å². The Morgan fingerprint density at radius 1 is 1.53 bits per heavy atom. The Hall–Kier alpha value is -1.26. The third-order valence-electron chi connectivity index (χ3n) is 3.12. The Labute approximate surface area is 118 Å². The zero-order valence-corrected chi connectivity index (χ0v) is 12.2. The molecular formula is C14H19ClN2O2. The van der Waals surface area contributed by atoms with Crippen molar-refractivity contribution in [1.82, 2.24) is 4.90 Å². The highest BCUT2D eigenvalue weighted by Gasteiger charge is 2.34. The Morgan fingerprint density at radius 3 is 2.84 bits per heavy atom. The third-order valence-corrected chi connectivity index (χ3v) is 3.54. The van der Waals surface area contributed by atoms with Crippen molar-refractivity contribution in [2.24, 2.45) is 0 Å². The summed E-state index contributed by atoms with van der Waals surface area (Å²) in [6.45, 7) is 7.02. The van der Waals surface area contributed by atoms with Crippen LogP contribution in [-0.2, 0) is 4.74 Å². The molecule has 1 aliphatic rings. The van der Waals surface area contributed by atoms with Gasteiger partial charge in [-0.2, -0.15) is 0 Å². The molecule has 19 heavy (non-hydrogen) atoms. The molecule has 5 heteroatoms. The predicted octanol–water partition coefficient (Wildman–Crippen LogP) is 2.56. The molecule has 0 aliphatic carbocycles. The fourth-order valence-corrected chi connectivity index (χ4v) is 2.70. The molecule has 0 aromatic heterocycles. The van der Waals surface area contributed by atoms with Gasteiger partial charge in [0, 0.05) is 13.1 Å². The van der Waals surface area contributed by atoms with E-state index in [0.717, 1.165) is 0 Å². The lowest BCUT2D eigenvalue weighted by Crippen LogP contribution is -2.53. The van der Waals surface area contributed by atoms with E-state index >= 15 is 0 Å². The highest BCUT2D eigenvalue weighted by molar-refractivity contribution is 6.36. The molecule has 1 aromatic carbocycles. The molecule has 1 heterocycles. The number of hydrogen-bond donors (Lipinski definition) is 1. The smallest absolute Gasteiger partial charge is 0.255 e. The molecular weight excluding hydrogens is 264 g/mol. The van der Waals surface area contributed by atoms with Crippen LogP contribution < -0.4 is 5.73 Å². The number of rotatable bonds is 1. The second-order valence-electron chi connectivity index (χ2n) is 5.58. The fourth-order valence-electron chi connectivity index (χ4n) is 2.49. The summed E-state index contributed by atoms with van der Waals surface area (Å²) >= 11 is 6.11. The van der Waals surface area contributed by atoms with E-state index in [1.54, 1.807) is 23.1 Å². The number of halogens is 1. The first-order valence-corrected chi connectivity index (χ1v) is 6.69. The molecule has 2 rings (SSSR count). The number of nitrogens with two attached hydrogens (primary N) is 1. The maximum Gasteiger partial charge on any atom is 0.255 e. The molecule has 1 fully saturated rings. The standard InChI is InChI=1S/C14H19ClN2O2/c1-9-7-17(8-14(2,3)19-9)13(18)10-5-4-6-11(16)12(10)15/h4-6,9H,7-8,16H2,1-3H3. The van der Waals surface area contributed by atoms with Gasteiger partial charge in [-0.1, -0.05) is 17.7 Å². The quantitative estimate of drug-likeness (QED) is 0.806. The van der Waals surface area contributed by atoms with Crippen LogP contribution in [0.5, 0.6) is 0 Å². The third kappa shape index (κ3) is 3.01. The van der Waals surface area contributed by atoms with E-state index in [4.69, 9.17) is 22.1 Å². The van der Waals surface area contributed by atoms with Crippen LogP contribution in [0.1, 0.15) is 31.1 Å². The average molecular weight is 283 g/mol. The van der Waals surface area contributed by atoms with Crippen LogP contribution >= 0.6 is 11.6 Å². The van der Waals surface area contributed by atoms with Crippen LogP contribution in [-0.4, -0.2) is 35.6 Å². The molecule has 104 valence electrons. The molecule has 1 aliphatic heterocycles. The summed E-state index contributed by atoms with van der Waals surface area (Å²) in [7, 11) is 0. The molecule has 1 unspecified atom stereocenters. The second kappa shape index (κ2) is 5.02. The molecule has 2 N–H and O–H groups in total. The number of benzene rings is 1. The van der Waals surface area contributed by atoms with Crippen molar-refractivity contribution < 1.29 is 9.53 Å². The van der Waals surface area contributed by atoms with Crippen LogP contribution in [0.2, 0.25) is 5.02 Å². The van der Waals surface area contributed by atoms with Crippen molar-refractivity contribution in [3.63, 3.8) is 0 Å². The van der Waals surface area contributed by atoms with Gasteiger partial charge in [-0.25, -0.2) is 0 Å². The molecule has 1 amide bonds. The van der Waals surface area contributed by atoms with Crippen LogP contribution in [0.15, 0.2) is 18.2 Å². The summed E-state index contributed by atoms with van der Waals surface area (Å²) in [4.78, 5) is 14.3. The summed E-state index contributed by atoms with van der Waals surface area (Å²) in [6, 6.07) is 5.13. The van der Waals surface area contributed by atoms with E-state index in [1.165, 1.54) is 0 Å². The Morgan fingerprint density at radius 2 is 2.21 bits per heavy atom. The Kier molecular flexibility index (Phi) is 3.74. The highest BCUT2D eigenvalue weighted by Crippen LogP contribution is 2.27. The van der Waals surface area contributed by atoms with Crippen LogP contribution in [0.25, 0.3) is 0 Å². The monoisotopic (exact) mass is 282 g/mol.